The van der Waals surface area contributed by atoms with Gasteiger partial charge < -0.3 is 10.4 Å². The summed E-state index contributed by atoms with van der Waals surface area (Å²) < 4.78 is 1.66. The molecule has 1 heterocycles. The first kappa shape index (κ1) is 14.5. The quantitative estimate of drug-likeness (QED) is 0.610. The molecule has 0 radical (unpaired) electrons. The number of thioether (sulfide) groups is 1. The fraction of sp³-hybridized carbons (Fsp3) is 0.818. The van der Waals surface area contributed by atoms with Crippen molar-refractivity contribution in [1.29, 1.82) is 0 Å². The average molecular weight is 258 g/mol. The summed E-state index contributed by atoms with van der Waals surface area (Å²) in [6, 6.07) is 0. The van der Waals surface area contributed by atoms with Gasteiger partial charge in [-0.3, -0.25) is 0 Å². The minimum absolute atomic E-state index is 0.103. The van der Waals surface area contributed by atoms with Crippen molar-refractivity contribution in [1.82, 2.24) is 20.3 Å². The third kappa shape index (κ3) is 6.65. The first-order chi connectivity index (χ1) is 8.36. The van der Waals surface area contributed by atoms with Gasteiger partial charge in [0, 0.05) is 12.7 Å². The molecule has 5 nitrogen and oxygen atoms in total. The van der Waals surface area contributed by atoms with Gasteiger partial charge in [-0.1, -0.05) is 11.6 Å². The molecule has 1 rings (SSSR count). The van der Waals surface area contributed by atoms with Crippen molar-refractivity contribution in [2.75, 3.05) is 25.2 Å². The number of rotatable bonds is 10. The van der Waals surface area contributed by atoms with Crippen LogP contribution in [-0.2, 0) is 13.1 Å². The maximum absolute atomic E-state index is 8.74. The van der Waals surface area contributed by atoms with Crippen molar-refractivity contribution in [3.8, 4) is 0 Å². The van der Waals surface area contributed by atoms with Gasteiger partial charge in [-0.05, 0) is 31.4 Å². The van der Waals surface area contributed by atoms with E-state index in [-0.39, 0.29) is 6.61 Å². The molecule has 0 atom stereocenters. The molecule has 0 saturated carbocycles. The molecule has 0 aliphatic rings. The summed E-state index contributed by atoms with van der Waals surface area (Å²) in [5, 5.41) is 20.0. The number of hydrogen-bond acceptors (Lipinski definition) is 5. The third-order valence-electron chi connectivity index (χ3n) is 2.42. The maximum Gasteiger partial charge on any atom is 0.0964 e. The predicted molar refractivity (Wildman–Crippen MR) is 71.0 cm³/mol. The molecule has 0 aliphatic carbocycles. The Hall–Kier alpha value is -0.590. The third-order valence-corrected chi connectivity index (χ3v) is 3.12. The van der Waals surface area contributed by atoms with Crippen LogP contribution >= 0.6 is 11.8 Å². The Bertz CT molecular complexity index is 293. The van der Waals surface area contributed by atoms with Crippen LogP contribution in [0.1, 0.15) is 25.0 Å². The van der Waals surface area contributed by atoms with E-state index < -0.39 is 0 Å². The Morgan fingerprint density at radius 1 is 1.41 bits per heavy atom. The van der Waals surface area contributed by atoms with E-state index in [4.69, 9.17) is 5.11 Å². The van der Waals surface area contributed by atoms with Crippen LogP contribution in [0.15, 0.2) is 6.20 Å². The van der Waals surface area contributed by atoms with Crippen molar-refractivity contribution in [2.45, 2.75) is 32.4 Å². The Balaban J connectivity index is 2.01. The normalized spacial score (nSPS) is 10.9. The summed E-state index contributed by atoms with van der Waals surface area (Å²) in [6.07, 6.45) is 7.82. The molecule has 0 unspecified atom stereocenters. The van der Waals surface area contributed by atoms with Crippen LogP contribution in [0.5, 0.6) is 0 Å². The van der Waals surface area contributed by atoms with Gasteiger partial charge in [0.2, 0.25) is 0 Å². The number of nitrogens with zero attached hydrogens (tertiary/aromatic N) is 3. The van der Waals surface area contributed by atoms with Crippen LogP contribution in [-0.4, -0.2) is 45.3 Å². The van der Waals surface area contributed by atoms with Crippen molar-refractivity contribution < 1.29 is 5.11 Å². The summed E-state index contributed by atoms with van der Waals surface area (Å²) in [6.45, 7) is 2.41. The van der Waals surface area contributed by atoms with Gasteiger partial charge in [0.15, 0.2) is 0 Å². The molecule has 1 aromatic heterocycles. The second kappa shape index (κ2) is 9.44. The van der Waals surface area contributed by atoms with Crippen LogP contribution in [0.4, 0.5) is 0 Å². The number of nitrogens with one attached hydrogen (secondary N) is 1. The van der Waals surface area contributed by atoms with Gasteiger partial charge in [-0.15, -0.1) is 5.10 Å². The molecule has 0 aliphatic heterocycles. The zero-order chi connectivity index (χ0) is 12.3. The fourth-order valence-electron chi connectivity index (χ4n) is 1.52. The number of aliphatic hydroxyl groups is 1. The van der Waals surface area contributed by atoms with Gasteiger partial charge in [0.25, 0.3) is 0 Å². The molecule has 17 heavy (non-hydrogen) atoms. The molecule has 98 valence electrons. The zero-order valence-corrected chi connectivity index (χ0v) is 11.2. The zero-order valence-electron chi connectivity index (χ0n) is 10.4. The van der Waals surface area contributed by atoms with Gasteiger partial charge in [0.1, 0.15) is 0 Å². The van der Waals surface area contributed by atoms with Crippen molar-refractivity contribution in [3.63, 3.8) is 0 Å². The number of aromatic nitrogens is 3. The molecule has 0 spiro atoms. The molecule has 2 N–H and O–H groups in total. The maximum atomic E-state index is 8.74. The van der Waals surface area contributed by atoms with Crippen LogP contribution in [0.25, 0.3) is 0 Å². The minimum Gasteiger partial charge on any atom is -0.394 e. The largest absolute Gasteiger partial charge is 0.394 e. The van der Waals surface area contributed by atoms with Crippen LogP contribution in [0, 0.1) is 0 Å². The second-order valence-corrected chi connectivity index (χ2v) is 4.91. The highest BCUT2D eigenvalue weighted by atomic mass is 32.2. The predicted octanol–water partition coefficient (Wildman–Crippen LogP) is 0.893. The lowest BCUT2D eigenvalue weighted by Crippen LogP contribution is -2.15. The van der Waals surface area contributed by atoms with Gasteiger partial charge in [-0.2, -0.15) is 11.8 Å². The SMILES string of the molecule is CSCCCCCNCc1cn(CCO)nn1. The Morgan fingerprint density at radius 3 is 3.06 bits per heavy atom. The Morgan fingerprint density at radius 2 is 2.29 bits per heavy atom. The highest BCUT2D eigenvalue weighted by Crippen LogP contribution is 2.01. The van der Waals surface area contributed by atoms with E-state index >= 15 is 0 Å². The number of unbranched alkanes of at least 4 members (excludes halogenated alkanes) is 2. The van der Waals surface area contributed by atoms with Gasteiger partial charge in [-0.25, -0.2) is 4.68 Å². The van der Waals surface area contributed by atoms with E-state index in [1.807, 2.05) is 18.0 Å². The molecule has 1 aromatic rings. The lowest BCUT2D eigenvalue weighted by molar-refractivity contribution is 0.268. The number of aliphatic hydroxyl groups excluding tert-OH is 1. The summed E-state index contributed by atoms with van der Waals surface area (Å²) in [4.78, 5) is 0. The molecule has 0 fully saturated rings. The lowest BCUT2D eigenvalue weighted by Gasteiger charge is -2.01. The molecular weight excluding hydrogens is 236 g/mol. The van der Waals surface area contributed by atoms with Gasteiger partial charge in [0.05, 0.1) is 18.8 Å². The molecule has 0 bridgehead atoms. The van der Waals surface area contributed by atoms with Crippen LogP contribution in [0.2, 0.25) is 0 Å². The van der Waals surface area contributed by atoms with Crippen LogP contribution < -0.4 is 5.32 Å². The van der Waals surface area contributed by atoms with Crippen molar-refractivity contribution >= 4 is 11.8 Å². The number of hydrogen-bond donors (Lipinski definition) is 2. The van der Waals surface area contributed by atoms with Gasteiger partial charge >= 0.3 is 0 Å². The second-order valence-electron chi connectivity index (χ2n) is 3.93. The van der Waals surface area contributed by atoms with E-state index in [0.29, 0.717) is 6.54 Å². The summed E-state index contributed by atoms with van der Waals surface area (Å²) in [5.74, 6) is 1.26. The average Bonchev–Trinajstić information content (AvgIpc) is 2.76. The fourth-order valence-corrected chi connectivity index (χ4v) is 2.01. The monoisotopic (exact) mass is 258 g/mol. The smallest absolute Gasteiger partial charge is 0.0964 e. The Labute approximate surface area is 107 Å². The summed E-state index contributed by atoms with van der Waals surface area (Å²) >= 11 is 1.91. The van der Waals surface area contributed by atoms with Crippen molar-refractivity contribution in [2.24, 2.45) is 0 Å². The molecule has 0 aromatic carbocycles. The highest BCUT2D eigenvalue weighted by Gasteiger charge is 1.99. The van der Waals surface area contributed by atoms with E-state index in [1.54, 1.807) is 4.68 Å². The highest BCUT2D eigenvalue weighted by molar-refractivity contribution is 7.98. The van der Waals surface area contributed by atoms with E-state index in [2.05, 4.69) is 21.9 Å². The van der Waals surface area contributed by atoms with E-state index in [0.717, 1.165) is 18.8 Å². The molecule has 6 heteroatoms. The lowest BCUT2D eigenvalue weighted by atomic mass is 10.2. The molecule has 0 saturated heterocycles. The standard InChI is InChI=1S/C11H22N4OS/c1-17-8-4-2-3-5-12-9-11-10-15(6-7-16)14-13-11/h10,12,16H,2-9H2,1H3. The van der Waals surface area contributed by atoms with Crippen LogP contribution in [0.3, 0.4) is 0 Å². The summed E-state index contributed by atoms with van der Waals surface area (Å²) in [5.41, 5.74) is 0.933. The first-order valence-corrected chi connectivity index (χ1v) is 7.45. The molecular formula is C11H22N4OS. The van der Waals surface area contributed by atoms with E-state index in [9.17, 15) is 0 Å². The topological polar surface area (TPSA) is 63.0 Å². The minimum atomic E-state index is 0.103. The molecule has 0 amide bonds. The van der Waals surface area contributed by atoms with Crippen molar-refractivity contribution in [3.05, 3.63) is 11.9 Å². The Kier molecular flexibility index (Phi) is 8.04. The first-order valence-electron chi connectivity index (χ1n) is 6.06. The summed E-state index contributed by atoms with van der Waals surface area (Å²) in [7, 11) is 0. The van der Waals surface area contributed by atoms with E-state index in [1.165, 1.54) is 25.0 Å².